The number of benzene rings is 1. The molecule has 1 saturated heterocycles. The molecule has 22 heavy (non-hydrogen) atoms. The Kier molecular flexibility index (Phi) is 4.47. The highest BCUT2D eigenvalue weighted by Gasteiger charge is 2.29. The van der Waals surface area contributed by atoms with Crippen molar-refractivity contribution in [3.05, 3.63) is 35.2 Å². The van der Waals surface area contributed by atoms with Gasteiger partial charge in [-0.25, -0.2) is 0 Å². The topological polar surface area (TPSA) is 51.4 Å². The number of aromatic nitrogens is 2. The fraction of sp³-hybridized carbons (Fsp3) is 0.500. The molecule has 2 heterocycles. The molecular formula is C16H20ClN3O2. The molecule has 0 bridgehead atoms. The zero-order chi connectivity index (χ0) is 15.7. The van der Waals surface area contributed by atoms with Crippen molar-refractivity contribution >= 4 is 11.6 Å². The molecular weight excluding hydrogens is 302 g/mol. The maximum Gasteiger partial charge on any atom is 0.247 e. The van der Waals surface area contributed by atoms with E-state index in [1.54, 1.807) is 0 Å². The summed E-state index contributed by atoms with van der Waals surface area (Å²) in [6.07, 6.45) is 0.419. The molecule has 6 heteroatoms. The van der Waals surface area contributed by atoms with E-state index in [2.05, 4.69) is 35.9 Å². The molecule has 0 aliphatic carbocycles. The van der Waals surface area contributed by atoms with Crippen LogP contribution in [-0.4, -0.2) is 40.4 Å². The summed E-state index contributed by atoms with van der Waals surface area (Å²) in [5.41, 5.74) is 0.835. The molecule has 0 unspecified atom stereocenters. The normalized spacial score (nSPS) is 24.4. The standard InChI is InChI=1S/C16H20ClN3O2/c1-10-8-20(9-11(2)21-10)12(3)15-18-19-16(22-15)13-5-4-6-14(17)7-13/h4-7,10-12H,8-9H2,1-3H3/t10-,11-,12+/m1/s1. The molecule has 3 rings (SSSR count). The van der Waals surface area contributed by atoms with Crippen LogP contribution in [0.5, 0.6) is 0 Å². The third-order valence-electron chi connectivity index (χ3n) is 3.87. The van der Waals surface area contributed by atoms with Crippen LogP contribution in [-0.2, 0) is 4.74 Å². The summed E-state index contributed by atoms with van der Waals surface area (Å²) in [6.45, 7) is 7.97. The Bertz CT molecular complexity index is 636. The van der Waals surface area contributed by atoms with Crippen LogP contribution in [0.3, 0.4) is 0 Å². The molecule has 0 spiro atoms. The van der Waals surface area contributed by atoms with Gasteiger partial charge in [0.1, 0.15) is 0 Å². The molecule has 3 atom stereocenters. The van der Waals surface area contributed by atoms with Crippen molar-refractivity contribution in [3.63, 3.8) is 0 Å². The van der Waals surface area contributed by atoms with Crippen LogP contribution in [0.25, 0.3) is 11.5 Å². The van der Waals surface area contributed by atoms with Crippen LogP contribution in [0.1, 0.15) is 32.7 Å². The second kappa shape index (κ2) is 6.36. The molecule has 0 N–H and O–H groups in total. The first-order chi connectivity index (χ1) is 10.5. The van der Waals surface area contributed by atoms with E-state index in [1.807, 2.05) is 24.3 Å². The third-order valence-corrected chi connectivity index (χ3v) is 4.10. The number of rotatable bonds is 3. The molecule has 5 nitrogen and oxygen atoms in total. The summed E-state index contributed by atoms with van der Waals surface area (Å²) in [7, 11) is 0. The number of halogens is 1. The fourth-order valence-corrected chi connectivity index (χ4v) is 3.02. The van der Waals surface area contributed by atoms with Crippen LogP contribution >= 0.6 is 11.6 Å². The Morgan fingerprint density at radius 1 is 1.23 bits per heavy atom. The van der Waals surface area contributed by atoms with Crippen LogP contribution < -0.4 is 0 Å². The first kappa shape index (κ1) is 15.5. The number of hydrogen-bond donors (Lipinski definition) is 0. The lowest BCUT2D eigenvalue weighted by atomic mass is 10.2. The van der Waals surface area contributed by atoms with Crippen molar-refractivity contribution < 1.29 is 9.15 Å². The van der Waals surface area contributed by atoms with E-state index in [0.29, 0.717) is 16.8 Å². The summed E-state index contributed by atoms with van der Waals surface area (Å²) < 4.78 is 11.6. The quantitative estimate of drug-likeness (QED) is 0.865. The Balaban J connectivity index is 1.78. The highest BCUT2D eigenvalue weighted by atomic mass is 35.5. The highest BCUT2D eigenvalue weighted by Crippen LogP contribution is 2.27. The van der Waals surface area contributed by atoms with Crippen molar-refractivity contribution in [1.82, 2.24) is 15.1 Å². The number of morpholine rings is 1. The lowest BCUT2D eigenvalue weighted by Gasteiger charge is -2.37. The SMILES string of the molecule is C[C@@H]1CN([C@@H](C)c2nnc(-c3cccc(Cl)c3)o2)C[C@@H](C)O1. The molecule has 1 aromatic heterocycles. The zero-order valence-corrected chi connectivity index (χ0v) is 13.7. The summed E-state index contributed by atoms with van der Waals surface area (Å²) >= 11 is 6.01. The van der Waals surface area contributed by atoms with E-state index in [1.165, 1.54) is 0 Å². The van der Waals surface area contributed by atoms with Crippen LogP contribution in [0, 0.1) is 0 Å². The number of nitrogens with zero attached hydrogens (tertiary/aromatic N) is 3. The lowest BCUT2D eigenvalue weighted by molar-refractivity contribution is -0.0814. The van der Waals surface area contributed by atoms with Gasteiger partial charge in [0.25, 0.3) is 0 Å². The van der Waals surface area contributed by atoms with E-state index in [-0.39, 0.29) is 18.2 Å². The Hall–Kier alpha value is -1.43. The summed E-state index contributed by atoms with van der Waals surface area (Å²) in [4.78, 5) is 2.31. The van der Waals surface area contributed by atoms with Gasteiger partial charge in [-0.05, 0) is 39.0 Å². The van der Waals surface area contributed by atoms with Crippen molar-refractivity contribution in [3.8, 4) is 11.5 Å². The molecule has 1 fully saturated rings. The lowest BCUT2D eigenvalue weighted by Crippen LogP contribution is -2.46. The van der Waals surface area contributed by atoms with Crippen LogP contribution in [0.2, 0.25) is 5.02 Å². The van der Waals surface area contributed by atoms with Gasteiger partial charge in [0.15, 0.2) is 0 Å². The van der Waals surface area contributed by atoms with Gasteiger partial charge in [0.2, 0.25) is 11.8 Å². The molecule has 1 aromatic carbocycles. The van der Waals surface area contributed by atoms with Crippen molar-refractivity contribution in [2.45, 2.75) is 39.0 Å². The fourth-order valence-electron chi connectivity index (χ4n) is 2.83. The summed E-state index contributed by atoms with van der Waals surface area (Å²) in [6, 6.07) is 7.49. The molecule has 1 aliphatic heterocycles. The smallest absolute Gasteiger partial charge is 0.247 e. The van der Waals surface area contributed by atoms with Gasteiger partial charge in [-0.2, -0.15) is 0 Å². The minimum Gasteiger partial charge on any atom is -0.419 e. The van der Waals surface area contributed by atoms with Gasteiger partial charge in [0.05, 0.1) is 18.2 Å². The highest BCUT2D eigenvalue weighted by molar-refractivity contribution is 6.30. The van der Waals surface area contributed by atoms with E-state index in [4.69, 9.17) is 20.8 Å². The molecule has 1 aliphatic rings. The second-order valence-electron chi connectivity index (χ2n) is 5.84. The molecule has 0 radical (unpaired) electrons. The van der Waals surface area contributed by atoms with Gasteiger partial charge < -0.3 is 9.15 Å². The predicted octanol–water partition coefficient (Wildman–Crippen LogP) is 3.56. The van der Waals surface area contributed by atoms with Gasteiger partial charge in [-0.15, -0.1) is 10.2 Å². The van der Waals surface area contributed by atoms with Crippen molar-refractivity contribution in [2.24, 2.45) is 0 Å². The van der Waals surface area contributed by atoms with Crippen LogP contribution in [0.15, 0.2) is 28.7 Å². The average Bonchev–Trinajstić information content (AvgIpc) is 2.95. The molecule has 118 valence electrons. The van der Waals surface area contributed by atoms with E-state index < -0.39 is 0 Å². The summed E-state index contributed by atoms with van der Waals surface area (Å²) in [5, 5.41) is 9.01. The van der Waals surface area contributed by atoms with Gasteiger partial charge in [0, 0.05) is 23.7 Å². The number of ether oxygens (including phenoxy) is 1. The van der Waals surface area contributed by atoms with Crippen molar-refractivity contribution in [1.29, 1.82) is 0 Å². The minimum absolute atomic E-state index is 0.0641. The monoisotopic (exact) mass is 321 g/mol. The first-order valence-electron chi connectivity index (χ1n) is 7.52. The van der Waals surface area contributed by atoms with Gasteiger partial charge in [-0.1, -0.05) is 17.7 Å². The van der Waals surface area contributed by atoms with Crippen LogP contribution in [0.4, 0.5) is 0 Å². The molecule has 2 aromatic rings. The number of hydrogen-bond acceptors (Lipinski definition) is 5. The van der Waals surface area contributed by atoms with Gasteiger partial charge in [-0.3, -0.25) is 4.90 Å². The first-order valence-corrected chi connectivity index (χ1v) is 7.89. The van der Waals surface area contributed by atoms with E-state index >= 15 is 0 Å². The average molecular weight is 322 g/mol. The largest absolute Gasteiger partial charge is 0.419 e. The predicted molar refractivity (Wildman–Crippen MR) is 84.7 cm³/mol. The second-order valence-corrected chi connectivity index (χ2v) is 6.28. The Labute approximate surface area is 135 Å². The van der Waals surface area contributed by atoms with E-state index in [9.17, 15) is 0 Å². The maximum absolute atomic E-state index is 6.01. The minimum atomic E-state index is 0.0641. The van der Waals surface area contributed by atoms with Gasteiger partial charge >= 0.3 is 0 Å². The Morgan fingerprint density at radius 3 is 2.64 bits per heavy atom. The maximum atomic E-state index is 6.01. The Morgan fingerprint density at radius 2 is 1.95 bits per heavy atom. The molecule has 0 saturated carbocycles. The molecule has 0 amide bonds. The summed E-state index contributed by atoms with van der Waals surface area (Å²) in [5.74, 6) is 1.12. The van der Waals surface area contributed by atoms with E-state index in [0.717, 1.165) is 18.7 Å². The zero-order valence-electron chi connectivity index (χ0n) is 13.0. The van der Waals surface area contributed by atoms with Crippen molar-refractivity contribution in [2.75, 3.05) is 13.1 Å². The third kappa shape index (κ3) is 3.32.